The lowest BCUT2D eigenvalue weighted by Gasteiger charge is -2.38. The summed E-state index contributed by atoms with van der Waals surface area (Å²) in [6, 6.07) is 0.674. The number of rotatable bonds is 3. The molecular weight excluding hydrogens is 264 g/mol. The van der Waals surface area contributed by atoms with Crippen molar-refractivity contribution in [2.24, 2.45) is 11.3 Å². The quantitative estimate of drug-likeness (QED) is 0.927. The van der Waals surface area contributed by atoms with Crippen LogP contribution in [0.1, 0.15) is 60.3 Å². The second-order valence-corrected chi connectivity index (χ2v) is 8.21. The Morgan fingerprint density at radius 1 is 1.10 bits per heavy atom. The molecule has 0 bridgehead atoms. The van der Waals surface area contributed by atoms with E-state index in [2.05, 4.69) is 62.0 Å². The molecule has 0 aliphatic carbocycles. The minimum absolute atomic E-state index is 0.0552. The molecule has 2 heterocycles. The third-order valence-corrected chi connectivity index (χ3v) is 4.22. The van der Waals surface area contributed by atoms with Crippen molar-refractivity contribution in [1.82, 2.24) is 15.5 Å². The maximum absolute atomic E-state index is 5.78. The Kier molecular flexibility index (Phi) is 4.61. The smallest absolute Gasteiger partial charge is 0.318 e. The zero-order valence-electron chi connectivity index (χ0n) is 14.4. The summed E-state index contributed by atoms with van der Waals surface area (Å²) in [4.78, 5) is 2.22. The second-order valence-electron chi connectivity index (χ2n) is 8.21. The average molecular weight is 294 g/mol. The van der Waals surface area contributed by atoms with Crippen LogP contribution in [0.15, 0.2) is 4.42 Å². The van der Waals surface area contributed by atoms with Gasteiger partial charge in [-0.05, 0) is 44.9 Å². The summed E-state index contributed by atoms with van der Waals surface area (Å²) in [5, 5.41) is 11.7. The molecule has 1 aliphatic rings. The molecule has 0 unspecified atom stereocenters. The van der Waals surface area contributed by atoms with E-state index in [1.54, 1.807) is 0 Å². The van der Waals surface area contributed by atoms with Gasteiger partial charge in [-0.15, -0.1) is 5.10 Å². The van der Waals surface area contributed by atoms with Gasteiger partial charge in [0, 0.05) is 18.6 Å². The van der Waals surface area contributed by atoms with Gasteiger partial charge < -0.3 is 14.6 Å². The van der Waals surface area contributed by atoms with E-state index in [0.717, 1.165) is 19.0 Å². The first-order valence-corrected chi connectivity index (χ1v) is 7.97. The van der Waals surface area contributed by atoms with Crippen molar-refractivity contribution in [3.8, 4) is 0 Å². The molecule has 0 aromatic carbocycles. The van der Waals surface area contributed by atoms with Crippen molar-refractivity contribution in [3.05, 3.63) is 5.89 Å². The van der Waals surface area contributed by atoms with Gasteiger partial charge in [-0.2, -0.15) is 0 Å². The summed E-state index contributed by atoms with van der Waals surface area (Å²) in [6.07, 6.45) is 2.39. The van der Waals surface area contributed by atoms with E-state index in [0.29, 0.717) is 23.9 Å². The molecule has 21 heavy (non-hydrogen) atoms. The van der Waals surface area contributed by atoms with Crippen LogP contribution >= 0.6 is 0 Å². The van der Waals surface area contributed by atoms with Crippen LogP contribution in [0.4, 0.5) is 6.01 Å². The Balaban J connectivity index is 1.88. The molecule has 1 aromatic rings. The largest absolute Gasteiger partial charge is 0.407 e. The van der Waals surface area contributed by atoms with Crippen LogP contribution in [-0.4, -0.2) is 28.8 Å². The molecule has 1 N–H and O–H groups in total. The molecule has 0 radical (unpaired) electrons. The number of nitrogens with zero attached hydrogens (tertiary/aromatic N) is 3. The third-order valence-electron chi connectivity index (χ3n) is 4.22. The first-order chi connectivity index (χ1) is 9.65. The van der Waals surface area contributed by atoms with Gasteiger partial charge in [0.25, 0.3) is 0 Å². The van der Waals surface area contributed by atoms with Crippen molar-refractivity contribution >= 4 is 6.01 Å². The Morgan fingerprint density at radius 2 is 1.71 bits per heavy atom. The number of anilines is 1. The summed E-state index contributed by atoms with van der Waals surface area (Å²) >= 11 is 0. The Labute approximate surface area is 128 Å². The van der Waals surface area contributed by atoms with Crippen LogP contribution in [0, 0.1) is 11.3 Å². The third kappa shape index (κ3) is 4.70. The summed E-state index contributed by atoms with van der Waals surface area (Å²) in [5.74, 6) is 1.44. The highest BCUT2D eigenvalue weighted by Crippen LogP contribution is 2.35. The predicted octanol–water partition coefficient (Wildman–Crippen LogP) is 3.22. The lowest BCUT2D eigenvalue weighted by Crippen LogP contribution is -2.38. The van der Waals surface area contributed by atoms with Gasteiger partial charge in [-0.1, -0.05) is 25.9 Å². The first kappa shape index (κ1) is 16.3. The average Bonchev–Trinajstić information content (AvgIpc) is 2.83. The maximum Gasteiger partial charge on any atom is 0.318 e. The van der Waals surface area contributed by atoms with Gasteiger partial charge in [-0.25, -0.2) is 0 Å². The maximum atomic E-state index is 5.78. The van der Waals surface area contributed by atoms with E-state index in [1.807, 2.05) is 0 Å². The summed E-state index contributed by atoms with van der Waals surface area (Å²) in [5.41, 5.74) is 0.447. The molecule has 1 fully saturated rings. The summed E-state index contributed by atoms with van der Waals surface area (Å²) in [7, 11) is 0. The second kappa shape index (κ2) is 5.95. The molecule has 1 aliphatic heterocycles. The van der Waals surface area contributed by atoms with Crippen LogP contribution < -0.4 is 10.2 Å². The van der Waals surface area contributed by atoms with Crippen molar-refractivity contribution in [1.29, 1.82) is 0 Å². The van der Waals surface area contributed by atoms with Crippen molar-refractivity contribution in [2.75, 3.05) is 18.0 Å². The summed E-state index contributed by atoms with van der Waals surface area (Å²) in [6.45, 7) is 16.0. The lowest BCUT2D eigenvalue weighted by molar-refractivity contribution is 0.196. The highest BCUT2D eigenvalue weighted by Gasteiger charge is 2.30. The van der Waals surface area contributed by atoms with Crippen LogP contribution in [0.5, 0.6) is 0 Å². The normalized spacial score (nSPS) is 18.3. The Bertz CT molecular complexity index is 448. The number of nitrogens with one attached hydrogen (secondary N) is 1. The van der Waals surface area contributed by atoms with Crippen LogP contribution in [0.25, 0.3) is 0 Å². The number of hydrogen-bond acceptors (Lipinski definition) is 5. The van der Waals surface area contributed by atoms with E-state index >= 15 is 0 Å². The Morgan fingerprint density at radius 3 is 2.24 bits per heavy atom. The van der Waals surface area contributed by atoms with E-state index in [1.165, 1.54) is 12.8 Å². The van der Waals surface area contributed by atoms with Gasteiger partial charge in [0.05, 0.1) is 6.54 Å². The highest BCUT2D eigenvalue weighted by atomic mass is 16.4. The van der Waals surface area contributed by atoms with Gasteiger partial charge in [0.15, 0.2) is 0 Å². The molecular formula is C16H30N4O. The SMILES string of the molecule is CC(C)(C)NCc1nnc(N2CCC(C(C)(C)C)CC2)o1. The fraction of sp³-hybridized carbons (Fsp3) is 0.875. The fourth-order valence-corrected chi connectivity index (χ4v) is 2.72. The zero-order chi connectivity index (χ0) is 15.7. The molecule has 120 valence electrons. The molecule has 0 saturated carbocycles. The first-order valence-electron chi connectivity index (χ1n) is 7.97. The van der Waals surface area contributed by atoms with Crippen LogP contribution in [0.2, 0.25) is 0 Å². The monoisotopic (exact) mass is 294 g/mol. The van der Waals surface area contributed by atoms with Crippen LogP contribution in [0.3, 0.4) is 0 Å². The number of hydrogen-bond donors (Lipinski definition) is 1. The van der Waals surface area contributed by atoms with Crippen molar-refractivity contribution in [2.45, 2.75) is 66.5 Å². The summed E-state index contributed by atoms with van der Waals surface area (Å²) < 4.78 is 5.78. The van der Waals surface area contributed by atoms with E-state index < -0.39 is 0 Å². The van der Waals surface area contributed by atoms with E-state index in [-0.39, 0.29) is 5.54 Å². The van der Waals surface area contributed by atoms with Gasteiger partial charge in [-0.3, -0.25) is 0 Å². The van der Waals surface area contributed by atoms with Crippen molar-refractivity contribution in [3.63, 3.8) is 0 Å². The molecule has 0 spiro atoms. The molecule has 2 rings (SSSR count). The highest BCUT2D eigenvalue weighted by molar-refractivity contribution is 5.25. The predicted molar refractivity (Wildman–Crippen MR) is 85.3 cm³/mol. The van der Waals surface area contributed by atoms with E-state index in [9.17, 15) is 0 Å². The topological polar surface area (TPSA) is 54.2 Å². The molecule has 0 amide bonds. The molecule has 1 saturated heterocycles. The fourth-order valence-electron chi connectivity index (χ4n) is 2.72. The molecule has 0 atom stereocenters. The standard InChI is InChI=1S/C16H30N4O/c1-15(2,3)12-7-9-20(10-8-12)14-19-18-13(21-14)11-17-16(4,5)6/h12,17H,7-11H2,1-6H3. The number of piperidine rings is 1. The lowest BCUT2D eigenvalue weighted by atomic mass is 9.75. The van der Waals surface area contributed by atoms with Gasteiger partial charge in [0.1, 0.15) is 0 Å². The molecule has 5 nitrogen and oxygen atoms in total. The molecule has 5 heteroatoms. The zero-order valence-corrected chi connectivity index (χ0v) is 14.4. The Hall–Kier alpha value is -1.10. The van der Waals surface area contributed by atoms with Crippen molar-refractivity contribution < 1.29 is 4.42 Å². The molecule has 1 aromatic heterocycles. The minimum Gasteiger partial charge on any atom is -0.407 e. The van der Waals surface area contributed by atoms with E-state index in [4.69, 9.17) is 4.42 Å². The number of aromatic nitrogens is 2. The van der Waals surface area contributed by atoms with Gasteiger partial charge >= 0.3 is 6.01 Å². The van der Waals surface area contributed by atoms with Gasteiger partial charge in [0.2, 0.25) is 5.89 Å². The van der Waals surface area contributed by atoms with Crippen LogP contribution in [-0.2, 0) is 6.54 Å². The minimum atomic E-state index is 0.0552.